The van der Waals surface area contributed by atoms with Gasteiger partial charge in [-0.15, -0.1) is 0 Å². The summed E-state index contributed by atoms with van der Waals surface area (Å²) in [6.45, 7) is 4.21. The molecule has 0 unspecified atom stereocenters. The van der Waals surface area contributed by atoms with Gasteiger partial charge in [-0.25, -0.2) is 4.90 Å². The van der Waals surface area contributed by atoms with Crippen molar-refractivity contribution < 1.29 is 23.9 Å². The molecule has 0 aromatic heterocycles. The summed E-state index contributed by atoms with van der Waals surface area (Å²) in [6, 6.07) is 12.5. The molecule has 0 radical (unpaired) electrons. The van der Waals surface area contributed by atoms with E-state index in [0.717, 1.165) is 23.2 Å². The van der Waals surface area contributed by atoms with E-state index in [1.54, 1.807) is 29.2 Å². The van der Waals surface area contributed by atoms with Crippen molar-refractivity contribution in [1.29, 1.82) is 0 Å². The molecule has 0 spiro atoms. The summed E-state index contributed by atoms with van der Waals surface area (Å²) in [5, 5.41) is 0. The van der Waals surface area contributed by atoms with Crippen LogP contribution in [0.3, 0.4) is 0 Å². The molecule has 2 aromatic rings. The van der Waals surface area contributed by atoms with Crippen LogP contribution < -0.4 is 14.5 Å². The lowest BCUT2D eigenvalue weighted by atomic mass is 9.63. The second kappa shape index (κ2) is 7.88. The third kappa shape index (κ3) is 3.40. The molecule has 8 rings (SSSR count). The number of carbonyl (C=O) groups is 4. The SMILES string of the molecule is Cc1cc(C)cc(N2C[C@H](C(=O)Oc3cccc(N4C(=O)[C@@H]5[C@@H]6C=C[C@H]([C@H]7C[C@@H]67)[C@@H]5C4=O)c3)CC2=O)c1. The average molecular weight is 497 g/mol. The van der Waals surface area contributed by atoms with Gasteiger partial charge in [0.2, 0.25) is 17.7 Å². The fourth-order valence-corrected chi connectivity index (χ4v) is 7.32. The molecule has 4 fully saturated rings. The Labute approximate surface area is 215 Å². The van der Waals surface area contributed by atoms with Crippen molar-refractivity contribution in [3.8, 4) is 5.75 Å². The molecular weight excluding hydrogens is 468 g/mol. The molecule has 4 aliphatic carbocycles. The number of carbonyl (C=O) groups excluding carboxylic acids is 4. The van der Waals surface area contributed by atoms with Crippen molar-refractivity contribution in [2.75, 3.05) is 16.3 Å². The van der Waals surface area contributed by atoms with E-state index in [9.17, 15) is 19.2 Å². The molecule has 7 heteroatoms. The number of benzene rings is 2. The molecule has 2 aromatic carbocycles. The third-order valence-electron chi connectivity index (χ3n) is 8.93. The van der Waals surface area contributed by atoms with E-state index in [1.807, 2.05) is 32.0 Å². The Hall–Kier alpha value is -3.74. The van der Waals surface area contributed by atoms with Crippen LogP contribution in [0.15, 0.2) is 54.6 Å². The number of allylic oxidation sites excluding steroid dienone is 2. The van der Waals surface area contributed by atoms with Gasteiger partial charge in [-0.3, -0.25) is 19.2 Å². The zero-order valence-corrected chi connectivity index (χ0v) is 20.8. The lowest BCUT2D eigenvalue weighted by Gasteiger charge is -2.37. The molecule has 7 nitrogen and oxygen atoms in total. The van der Waals surface area contributed by atoms with Crippen molar-refractivity contribution in [3.05, 3.63) is 65.7 Å². The Balaban J connectivity index is 1.08. The van der Waals surface area contributed by atoms with Gasteiger partial charge in [-0.05, 0) is 79.3 Å². The van der Waals surface area contributed by atoms with E-state index in [-0.39, 0.29) is 60.1 Å². The first-order valence-corrected chi connectivity index (χ1v) is 13.1. The Bertz CT molecular complexity index is 1360. The molecule has 188 valence electrons. The molecule has 2 saturated carbocycles. The molecule has 2 bridgehead atoms. The zero-order chi connectivity index (χ0) is 25.6. The number of nitrogens with zero attached hydrogens (tertiary/aromatic N) is 2. The van der Waals surface area contributed by atoms with Gasteiger partial charge < -0.3 is 9.64 Å². The predicted octanol–water partition coefficient (Wildman–Crippen LogP) is 3.82. The third-order valence-corrected chi connectivity index (χ3v) is 8.93. The first-order chi connectivity index (χ1) is 17.8. The maximum atomic E-state index is 13.4. The van der Waals surface area contributed by atoms with Crippen molar-refractivity contribution in [2.24, 2.45) is 41.4 Å². The standard InChI is InChI=1S/C30H28N2O5/c1-15-8-16(2)10-19(9-15)31-14-17(11-25(31)33)30(36)37-20-5-3-4-18(12-20)32-28(34)26-21-6-7-22(24-13-23(21)24)27(26)29(32)35/h3-10,12,17,21-24,26-27H,11,13-14H2,1-2H3/t17-,21-,22-,23-,24+,26+,27-/m1/s1. The summed E-state index contributed by atoms with van der Waals surface area (Å²) in [4.78, 5) is 55.5. The smallest absolute Gasteiger partial charge is 0.316 e. The van der Waals surface area contributed by atoms with Gasteiger partial charge in [0.1, 0.15) is 5.75 Å². The van der Waals surface area contributed by atoms with Crippen molar-refractivity contribution in [2.45, 2.75) is 26.7 Å². The highest BCUT2D eigenvalue weighted by atomic mass is 16.5. The van der Waals surface area contributed by atoms with Crippen molar-refractivity contribution in [1.82, 2.24) is 0 Å². The summed E-state index contributed by atoms with van der Waals surface area (Å²) in [6.07, 6.45) is 5.50. The van der Waals surface area contributed by atoms with Crippen LogP contribution in [0.1, 0.15) is 24.0 Å². The van der Waals surface area contributed by atoms with E-state index in [1.165, 1.54) is 4.90 Å². The molecule has 2 aliphatic heterocycles. The number of aryl methyl sites for hydroxylation is 2. The highest BCUT2D eigenvalue weighted by Gasteiger charge is 2.67. The van der Waals surface area contributed by atoms with E-state index in [4.69, 9.17) is 4.74 Å². The van der Waals surface area contributed by atoms with E-state index >= 15 is 0 Å². The maximum Gasteiger partial charge on any atom is 0.316 e. The second-order valence-corrected chi connectivity index (χ2v) is 11.3. The highest BCUT2D eigenvalue weighted by Crippen LogP contribution is 2.65. The lowest BCUT2D eigenvalue weighted by molar-refractivity contribution is -0.139. The molecule has 6 aliphatic rings. The fourth-order valence-electron chi connectivity index (χ4n) is 7.32. The largest absolute Gasteiger partial charge is 0.426 e. The number of ether oxygens (including phenoxy) is 1. The van der Waals surface area contributed by atoms with Crippen molar-refractivity contribution >= 4 is 35.1 Å². The van der Waals surface area contributed by atoms with Gasteiger partial charge in [0.25, 0.3) is 0 Å². The minimum absolute atomic E-state index is 0.0794. The summed E-state index contributed by atoms with van der Waals surface area (Å²) in [5.74, 6) is -0.396. The van der Waals surface area contributed by atoms with Gasteiger partial charge in [-0.1, -0.05) is 24.3 Å². The molecule has 7 atom stereocenters. The minimum Gasteiger partial charge on any atom is -0.426 e. The minimum atomic E-state index is -0.594. The maximum absolute atomic E-state index is 13.4. The number of imide groups is 1. The number of rotatable bonds is 4. The van der Waals surface area contributed by atoms with Crippen LogP contribution in [0.5, 0.6) is 5.75 Å². The number of anilines is 2. The van der Waals surface area contributed by atoms with Gasteiger partial charge in [-0.2, -0.15) is 0 Å². The summed E-state index contributed by atoms with van der Waals surface area (Å²) < 4.78 is 5.67. The zero-order valence-electron chi connectivity index (χ0n) is 20.8. The number of hydrogen-bond acceptors (Lipinski definition) is 5. The summed E-state index contributed by atoms with van der Waals surface area (Å²) in [7, 11) is 0. The molecule has 37 heavy (non-hydrogen) atoms. The molecule has 0 N–H and O–H groups in total. The number of esters is 1. The molecule has 2 saturated heterocycles. The van der Waals surface area contributed by atoms with Gasteiger partial charge >= 0.3 is 5.97 Å². The summed E-state index contributed by atoms with van der Waals surface area (Å²) in [5.41, 5.74) is 3.32. The van der Waals surface area contributed by atoms with Crippen LogP contribution in [0, 0.1) is 55.3 Å². The van der Waals surface area contributed by atoms with Crippen LogP contribution in [-0.2, 0) is 19.2 Å². The van der Waals surface area contributed by atoms with Crippen LogP contribution in [0.25, 0.3) is 0 Å². The topological polar surface area (TPSA) is 84.0 Å². The van der Waals surface area contributed by atoms with Gasteiger partial charge in [0, 0.05) is 24.7 Å². The Morgan fingerprint density at radius 3 is 2.16 bits per heavy atom. The number of hydrogen-bond donors (Lipinski definition) is 0. The van der Waals surface area contributed by atoms with E-state index in [2.05, 4.69) is 12.2 Å². The van der Waals surface area contributed by atoms with Crippen molar-refractivity contribution in [3.63, 3.8) is 0 Å². The van der Waals surface area contributed by atoms with Gasteiger partial charge in [0.15, 0.2) is 0 Å². The Morgan fingerprint density at radius 1 is 0.865 bits per heavy atom. The Morgan fingerprint density at radius 2 is 1.51 bits per heavy atom. The monoisotopic (exact) mass is 496 g/mol. The van der Waals surface area contributed by atoms with Gasteiger partial charge in [0.05, 0.1) is 23.4 Å². The lowest BCUT2D eigenvalue weighted by Crippen LogP contribution is -2.40. The second-order valence-electron chi connectivity index (χ2n) is 11.3. The molecule has 3 amide bonds. The Kier molecular flexibility index (Phi) is 4.78. The van der Waals surface area contributed by atoms with Crippen LogP contribution >= 0.6 is 0 Å². The van der Waals surface area contributed by atoms with E-state index in [0.29, 0.717) is 17.5 Å². The molecular formula is C30H28N2O5. The van der Waals surface area contributed by atoms with Crippen LogP contribution in [0.2, 0.25) is 0 Å². The molecule has 2 heterocycles. The van der Waals surface area contributed by atoms with E-state index < -0.39 is 11.9 Å². The number of amides is 3. The summed E-state index contributed by atoms with van der Waals surface area (Å²) >= 11 is 0. The van der Waals surface area contributed by atoms with Crippen LogP contribution in [0.4, 0.5) is 11.4 Å². The van der Waals surface area contributed by atoms with Crippen LogP contribution in [-0.4, -0.2) is 30.2 Å². The predicted molar refractivity (Wildman–Crippen MR) is 136 cm³/mol. The highest BCUT2D eigenvalue weighted by molar-refractivity contribution is 6.22. The quantitative estimate of drug-likeness (QED) is 0.278. The average Bonchev–Trinajstić information content (AvgIpc) is 3.53. The normalized spacial score (nSPS) is 33.1. The first kappa shape index (κ1) is 22.5. The fraction of sp³-hybridized carbons (Fsp3) is 0.400. The first-order valence-electron chi connectivity index (χ1n) is 13.1.